The first kappa shape index (κ1) is 20.2. The van der Waals surface area contributed by atoms with E-state index in [1.54, 1.807) is 11.6 Å². The van der Waals surface area contributed by atoms with Gasteiger partial charge in [-0.05, 0) is 44.2 Å². The Morgan fingerprint density at radius 3 is 2.46 bits per heavy atom. The van der Waals surface area contributed by atoms with Crippen LogP contribution in [0.25, 0.3) is 0 Å². The summed E-state index contributed by atoms with van der Waals surface area (Å²) in [7, 11) is 1.64. The van der Waals surface area contributed by atoms with Crippen molar-refractivity contribution >= 4 is 11.6 Å². The maximum Gasteiger partial charge on any atom is 0.267 e. The van der Waals surface area contributed by atoms with Crippen molar-refractivity contribution in [1.82, 2.24) is 4.57 Å². The molecule has 0 spiro atoms. The molecule has 0 radical (unpaired) electrons. The number of hydrogen-bond acceptors (Lipinski definition) is 3. The lowest BCUT2D eigenvalue weighted by molar-refractivity contribution is 0.0988. The number of benzene rings is 1. The third-order valence-corrected chi connectivity index (χ3v) is 5.64. The van der Waals surface area contributed by atoms with E-state index < -0.39 is 5.91 Å². The van der Waals surface area contributed by atoms with Gasteiger partial charge in [0.05, 0.1) is 0 Å². The van der Waals surface area contributed by atoms with Crippen LogP contribution < -0.4 is 10.5 Å². The van der Waals surface area contributed by atoms with Crippen molar-refractivity contribution in [2.45, 2.75) is 64.8 Å². The van der Waals surface area contributed by atoms with Crippen LogP contribution in [0.5, 0.6) is 5.75 Å². The lowest BCUT2D eigenvalue weighted by Crippen LogP contribution is -2.37. The molecule has 0 unspecified atom stereocenters. The Kier molecular flexibility index (Phi) is 6.55. The first-order valence-electron chi connectivity index (χ1n) is 10.4. The van der Waals surface area contributed by atoms with Crippen LogP contribution in [-0.4, -0.2) is 22.6 Å². The van der Waals surface area contributed by atoms with Gasteiger partial charge in [0, 0.05) is 30.5 Å². The molecule has 0 aliphatic heterocycles. The number of pyridine rings is 1. The molecule has 3 rings (SSSR count). The number of carbonyl (C=O) groups excluding carboxylic acids is 1. The van der Waals surface area contributed by atoms with Crippen LogP contribution >= 0.6 is 0 Å². The molecule has 0 bridgehead atoms. The molecule has 1 N–H and O–H groups in total. The van der Waals surface area contributed by atoms with Crippen LogP contribution in [0.4, 0.5) is 5.69 Å². The van der Waals surface area contributed by atoms with Gasteiger partial charge in [-0.1, -0.05) is 44.4 Å². The maximum atomic E-state index is 13.3. The van der Waals surface area contributed by atoms with Crippen molar-refractivity contribution in [1.29, 1.82) is 0 Å². The average Bonchev–Trinajstić information content (AvgIpc) is 2.68. The second kappa shape index (κ2) is 9.09. The molecular weight excluding hydrogens is 352 g/mol. The van der Waals surface area contributed by atoms with Crippen molar-refractivity contribution in [3.8, 4) is 5.75 Å². The minimum Gasteiger partial charge on any atom is -0.507 e. The van der Waals surface area contributed by atoms with Crippen molar-refractivity contribution in [2.24, 2.45) is 0 Å². The second-order valence-corrected chi connectivity index (χ2v) is 7.57. The van der Waals surface area contributed by atoms with E-state index in [-0.39, 0.29) is 16.9 Å². The number of hydrogen-bond donors (Lipinski definition) is 1. The van der Waals surface area contributed by atoms with E-state index in [0.717, 1.165) is 56.2 Å². The number of anilines is 1. The predicted molar refractivity (Wildman–Crippen MR) is 112 cm³/mol. The summed E-state index contributed by atoms with van der Waals surface area (Å²) < 4.78 is 1.76. The standard InChI is InChI=1S/C23H30N2O3/c1-3-4-16-25-19-15-11-6-5-10-14-18(19)21(26)20(23(25)28)22(27)24(2)17-12-8-7-9-13-17/h7-9,12-13,26H,3-6,10-11,14-16H2,1-2H3. The molecule has 0 atom stereocenters. The molecule has 1 aliphatic rings. The third-order valence-electron chi connectivity index (χ3n) is 5.64. The van der Waals surface area contributed by atoms with Gasteiger partial charge in [-0.25, -0.2) is 0 Å². The number of amides is 1. The number of carbonyl (C=O) groups is 1. The van der Waals surface area contributed by atoms with Crippen LogP contribution in [0, 0.1) is 0 Å². The fourth-order valence-electron chi connectivity index (χ4n) is 3.99. The Morgan fingerprint density at radius 2 is 1.79 bits per heavy atom. The van der Waals surface area contributed by atoms with Crippen LogP contribution in [0.3, 0.4) is 0 Å². The van der Waals surface area contributed by atoms with Crippen molar-refractivity contribution in [3.05, 3.63) is 57.5 Å². The highest BCUT2D eigenvalue weighted by atomic mass is 16.3. The van der Waals surface area contributed by atoms with E-state index in [4.69, 9.17) is 0 Å². The lowest BCUT2D eigenvalue weighted by atomic mass is 9.94. The van der Waals surface area contributed by atoms with Gasteiger partial charge in [0.25, 0.3) is 11.5 Å². The topological polar surface area (TPSA) is 62.5 Å². The number of fused-ring (bicyclic) bond motifs is 1. The van der Waals surface area contributed by atoms with Crippen molar-refractivity contribution < 1.29 is 9.90 Å². The van der Waals surface area contributed by atoms with Crippen LogP contribution in [0.15, 0.2) is 35.1 Å². The molecule has 0 saturated heterocycles. The zero-order valence-corrected chi connectivity index (χ0v) is 16.9. The Bertz CT molecular complexity index is 887. The quantitative estimate of drug-likeness (QED) is 0.839. The summed E-state index contributed by atoms with van der Waals surface area (Å²) in [6, 6.07) is 9.21. The molecule has 5 nitrogen and oxygen atoms in total. The molecule has 5 heteroatoms. The normalized spacial score (nSPS) is 14.1. The van der Waals surface area contributed by atoms with E-state index in [1.165, 1.54) is 4.90 Å². The molecule has 1 amide bonds. The fraction of sp³-hybridized carbons (Fsp3) is 0.478. The summed E-state index contributed by atoms with van der Waals surface area (Å²) in [5.41, 5.74) is 1.95. The molecule has 2 aromatic rings. The maximum absolute atomic E-state index is 13.3. The summed E-state index contributed by atoms with van der Waals surface area (Å²) >= 11 is 0. The highest BCUT2D eigenvalue weighted by Crippen LogP contribution is 2.30. The number of rotatable bonds is 5. The Labute approximate surface area is 166 Å². The number of aromatic hydroxyl groups is 1. The minimum atomic E-state index is -0.455. The molecule has 1 heterocycles. The number of para-hydroxylation sites is 1. The monoisotopic (exact) mass is 382 g/mol. The van der Waals surface area contributed by atoms with E-state index in [0.29, 0.717) is 18.7 Å². The summed E-state index contributed by atoms with van der Waals surface area (Å²) in [4.78, 5) is 27.9. The van der Waals surface area contributed by atoms with Gasteiger partial charge >= 0.3 is 0 Å². The van der Waals surface area contributed by atoms with Crippen LogP contribution in [0.2, 0.25) is 0 Å². The highest BCUT2D eigenvalue weighted by molar-refractivity contribution is 6.07. The average molecular weight is 383 g/mol. The van der Waals surface area contributed by atoms with Gasteiger partial charge in [0.1, 0.15) is 11.3 Å². The third kappa shape index (κ3) is 3.98. The summed E-state index contributed by atoms with van der Waals surface area (Å²) in [5.74, 6) is -0.564. The molecule has 28 heavy (non-hydrogen) atoms. The molecule has 0 fully saturated rings. The van der Waals surface area contributed by atoms with Crippen LogP contribution in [0.1, 0.15) is 67.1 Å². The Hall–Kier alpha value is -2.56. The SMILES string of the molecule is CCCCn1c2c(c(O)c(C(=O)N(C)c3ccccc3)c1=O)CCCCCC2. The zero-order chi connectivity index (χ0) is 20.1. The van der Waals surface area contributed by atoms with Gasteiger partial charge < -0.3 is 14.6 Å². The van der Waals surface area contributed by atoms with Crippen molar-refractivity contribution in [3.63, 3.8) is 0 Å². The van der Waals surface area contributed by atoms with E-state index in [9.17, 15) is 14.7 Å². The largest absolute Gasteiger partial charge is 0.507 e. The predicted octanol–water partition coefficient (Wildman–Crippen LogP) is 4.29. The first-order chi connectivity index (χ1) is 13.6. The molecule has 1 aromatic heterocycles. The van der Waals surface area contributed by atoms with Crippen molar-refractivity contribution in [2.75, 3.05) is 11.9 Å². The molecule has 1 aromatic carbocycles. The number of aromatic nitrogens is 1. The summed E-state index contributed by atoms with van der Waals surface area (Å²) in [5, 5.41) is 11.0. The van der Waals surface area contributed by atoms with Gasteiger partial charge in [-0.2, -0.15) is 0 Å². The molecular formula is C23H30N2O3. The molecule has 1 aliphatic carbocycles. The zero-order valence-electron chi connectivity index (χ0n) is 16.9. The minimum absolute atomic E-state index is 0.0956. The van der Waals surface area contributed by atoms with Crippen LogP contribution in [-0.2, 0) is 19.4 Å². The van der Waals surface area contributed by atoms with Gasteiger partial charge in [-0.15, -0.1) is 0 Å². The van der Waals surface area contributed by atoms with Gasteiger partial charge in [-0.3, -0.25) is 9.59 Å². The van der Waals surface area contributed by atoms with E-state index in [1.807, 2.05) is 30.3 Å². The lowest BCUT2D eigenvalue weighted by Gasteiger charge is -2.24. The first-order valence-corrected chi connectivity index (χ1v) is 10.4. The highest BCUT2D eigenvalue weighted by Gasteiger charge is 2.28. The van der Waals surface area contributed by atoms with E-state index >= 15 is 0 Å². The number of nitrogens with zero attached hydrogens (tertiary/aromatic N) is 2. The molecule has 0 saturated carbocycles. The second-order valence-electron chi connectivity index (χ2n) is 7.57. The summed E-state index contributed by atoms with van der Waals surface area (Å²) in [6.07, 6.45) is 7.56. The molecule has 150 valence electrons. The number of unbranched alkanes of at least 4 members (excludes halogenated alkanes) is 1. The Balaban J connectivity index is 2.13. The summed E-state index contributed by atoms with van der Waals surface area (Å²) in [6.45, 7) is 2.68. The smallest absolute Gasteiger partial charge is 0.267 e. The Morgan fingerprint density at radius 1 is 1.11 bits per heavy atom. The van der Waals surface area contributed by atoms with E-state index in [2.05, 4.69) is 6.92 Å². The van der Waals surface area contributed by atoms with Gasteiger partial charge in [0.15, 0.2) is 0 Å². The van der Waals surface area contributed by atoms with Gasteiger partial charge in [0.2, 0.25) is 0 Å². The fourth-order valence-corrected chi connectivity index (χ4v) is 3.99.